The SMILES string of the molecule is CNC1CCN(c2cccc(-c3ccc4cnc(CNC(=O)c5ccc(C)c(SC)c5)cc4n3)n2)CC12CC2. The lowest BCUT2D eigenvalue weighted by Crippen LogP contribution is -2.50. The average molecular weight is 539 g/mol. The molecule has 1 aromatic carbocycles. The third-order valence-corrected chi connectivity index (χ3v) is 9.10. The molecular formula is C31H34N6OS. The number of hydrogen-bond donors (Lipinski definition) is 2. The maximum atomic E-state index is 12.8. The van der Waals surface area contributed by atoms with Gasteiger partial charge in [0.15, 0.2) is 0 Å². The van der Waals surface area contributed by atoms with Gasteiger partial charge in [0, 0.05) is 46.6 Å². The van der Waals surface area contributed by atoms with Crippen molar-refractivity contribution in [1.29, 1.82) is 0 Å². The Kier molecular flexibility index (Phi) is 6.99. The Morgan fingerprint density at radius 2 is 1.95 bits per heavy atom. The number of hydrogen-bond acceptors (Lipinski definition) is 7. The van der Waals surface area contributed by atoms with Crippen molar-refractivity contribution in [3.05, 3.63) is 77.6 Å². The van der Waals surface area contributed by atoms with Crippen LogP contribution in [-0.4, -0.2) is 53.3 Å². The molecule has 2 N–H and O–H groups in total. The summed E-state index contributed by atoms with van der Waals surface area (Å²) in [5.74, 6) is 0.913. The number of rotatable bonds is 7. The number of anilines is 1. The molecule has 0 radical (unpaired) electrons. The third kappa shape index (κ3) is 5.23. The molecule has 39 heavy (non-hydrogen) atoms. The first-order valence-corrected chi connectivity index (χ1v) is 14.8. The van der Waals surface area contributed by atoms with Gasteiger partial charge in [0.2, 0.25) is 0 Å². The van der Waals surface area contributed by atoms with Gasteiger partial charge in [0.25, 0.3) is 5.91 Å². The van der Waals surface area contributed by atoms with E-state index in [0.717, 1.165) is 58.2 Å². The van der Waals surface area contributed by atoms with Crippen LogP contribution >= 0.6 is 11.8 Å². The highest BCUT2D eigenvalue weighted by Gasteiger charge is 2.52. The molecule has 1 atom stereocenters. The van der Waals surface area contributed by atoms with Gasteiger partial charge in [-0.3, -0.25) is 9.78 Å². The van der Waals surface area contributed by atoms with Crippen molar-refractivity contribution < 1.29 is 4.79 Å². The predicted molar refractivity (Wildman–Crippen MR) is 158 cm³/mol. The number of aromatic nitrogens is 3. The summed E-state index contributed by atoms with van der Waals surface area (Å²) < 4.78 is 0. The van der Waals surface area contributed by atoms with Gasteiger partial charge in [-0.1, -0.05) is 12.1 Å². The highest BCUT2D eigenvalue weighted by atomic mass is 32.2. The summed E-state index contributed by atoms with van der Waals surface area (Å²) in [7, 11) is 2.09. The Morgan fingerprint density at radius 1 is 1.10 bits per heavy atom. The summed E-state index contributed by atoms with van der Waals surface area (Å²) in [6.07, 6.45) is 7.57. The molecule has 1 aliphatic heterocycles. The van der Waals surface area contributed by atoms with Crippen LogP contribution in [0, 0.1) is 12.3 Å². The number of amides is 1. The Morgan fingerprint density at radius 3 is 2.74 bits per heavy atom. The second-order valence-electron chi connectivity index (χ2n) is 10.7. The second kappa shape index (κ2) is 10.6. The van der Waals surface area contributed by atoms with Crippen LogP contribution in [0.5, 0.6) is 0 Å². The second-order valence-corrected chi connectivity index (χ2v) is 11.6. The van der Waals surface area contributed by atoms with Crippen molar-refractivity contribution in [2.45, 2.75) is 43.7 Å². The summed E-state index contributed by atoms with van der Waals surface area (Å²) in [5.41, 5.74) is 5.53. The monoisotopic (exact) mass is 538 g/mol. The molecule has 4 aromatic rings. The van der Waals surface area contributed by atoms with Gasteiger partial charge in [0.1, 0.15) is 5.82 Å². The highest BCUT2D eigenvalue weighted by Crippen LogP contribution is 2.52. The fourth-order valence-corrected chi connectivity index (χ4v) is 6.38. The molecule has 0 bridgehead atoms. The molecule has 4 heterocycles. The van der Waals surface area contributed by atoms with Crippen LogP contribution in [0.3, 0.4) is 0 Å². The minimum Gasteiger partial charge on any atom is -0.356 e. The zero-order valence-electron chi connectivity index (χ0n) is 22.7. The Labute approximate surface area is 233 Å². The first-order chi connectivity index (χ1) is 19.0. The summed E-state index contributed by atoms with van der Waals surface area (Å²) in [6, 6.07) is 18.6. The van der Waals surface area contributed by atoms with Crippen molar-refractivity contribution in [3.8, 4) is 11.4 Å². The standard InChI is InChI=1S/C31H34N6OS/c1-20-7-8-21(15-27(20)39-3)30(38)34-18-23-16-26-22(17-33-23)9-10-25(35-26)24-5-4-6-29(36-24)37-14-11-28(32-2)31(19-37)12-13-31/h4-10,15-17,28,32H,11-14,18-19H2,1-3H3,(H,34,38). The molecule has 1 amide bonds. The Bertz CT molecular complexity index is 1540. The van der Waals surface area contributed by atoms with E-state index in [1.54, 1.807) is 11.8 Å². The fraction of sp³-hybridized carbons (Fsp3) is 0.355. The molecule has 2 fully saturated rings. The molecule has 200 valence electrons. The lowest BCUT2D eigenvalue weighted by atomic mass is 9.89. The van der Waals surface area contributed by atoms with Crippen molar-refractivity contribution in [1.82, 2.24) is 25.6 Å². The van der Waals surface area contributed by atoms with Gasteiger partial charge in [-0.05, 0) is 87.5 Å². The van der Waals surface area contributed by atoms with Gasteiger partial charge in [-0.15, -0.1) is 11.8 Å². The quantitative estimate of drug-likeness (QED) is 0.312. The Hall–Kier alpha value is -3.49. The molecular weight excluding hydrogens is 504 g/mol. The van der Waals surface area contributed by atoms with E-state index in [0.29, 0.717) is 23.6 Å². The first-order valence-electron chi connectivity index (χ1n) is 13.6. The minimum absolute atomic E-state index is 0.110. The van der Waals surface area contributed by atoms with Gasteiger partial charge in [0.05, 0.1) is 29.1 Å². The van der Waals surface area contributed by atoms with E-state index in [9.17, 15) is 4.79 Å². The largest absolute Gasteiger partial charge is 0.356 e. The molecule has 7 nitrogen and oxygen atoms in total. The maximum absolute atomic E-state index is 12.8. The zero-order valence-corrected chi connectivity index (χ0v) is 23.5. The van der Waals surface area contributed by atoms with Crippen LogP contribution in [0.2, 0.25) is 0 Å². The topological polar surface area (TPSA) is 83.0 Å². The first kappa shape index (κ1) is 25.8. The Balaban J connectivity index is 1.18. The lowest BCUT2D eigenvalue weighted by Gasteiger charge is -2.39. The number of nitrogens with one attached hydrogen (secondary N) is 2. The van der Waals surface area contributed by atoms with Crippen LogP contribution in [0.25, 0.3) is 22.3 Å². The summed E-state index contributed by atoms with van der Waals surface area (Å²) in [6.45, 7) is 4.45. The molecule has 3 aromatic heterocycles. The number of carbonyl (C=O) groups excluding carboxylic acids is 1. The molecule has 6 rings (SSSR count). The smallest absolute Gasteiger partial charge is 0.251 e. The van der Waals surface area contributed by atoms with Gasteiger partial charge >= 0.3 is 0 Å². The van der Waals surface area contributed by atoms with E-state index in [1.165, 1.54) is 18.4 Å². The molecule has 1 aliphatic carbocycles. The number of benzene rings is 1. The van der Waals surface area contributed by atoms with E-state index in [-0.39, 0.29) is 5.91 Å². The van der Waals surface area contributed by atoms with Crippen molar-refractivity contribution in [2.75, 3.05) is 31.3 Å². The summed E-state index contributed by atoms with van der Waals surface area (Å²) in [4.78, 5) is 30.8. The zero-order chi connectivity index (χ0) is 27.0. The third-order valence-electron chi connectivity index (χ3n) is 8.22. The van der Waals surface area contributed by atoms with Crippen molar-refractivity contribution >= 4 is 34.4 Å². The average Bonchev–Trinajstić information content (AvgIpc) is 3.74. The lowest BCUT2D eigenvalue weighted by molar-refractivity contribution is 0.0950. The normalized spacial score (nSPS) is 17.9. The number of fused-ring (bicyclic) bond motifs is 1. The van der Waals surface area contributed by atoms with E-state index in [2.05, 4.69) is 46.6 Å². The van der Waals surface area contributed by atoms with E-state index >= 15 is 0 Å². The van der Waals surface area contributed by atoms with Crippen LogP contribution < -0.4 is 15.5 Å². The van der Waals surface area contributed by atoms with Gasteiger partial charge in [-0.25, -0.2) is 9.97 Å². The van der Waals surface area contributed by atoms with E-state index in [1.807, 2.05) is 54.9 Å². The highest BCUT2D eigenvalue weighted by molar-refractivity contribution is 7.98. The predicted octanol–water partition coefficient (Wildman–Crippen LogP) is 5.23. The molecule has 1 spiro atoms. The number of carbonyl (C=O) groups is 1. The van der Waals surface area contributed by atoms with Crippen LogP contribution in [0.1, 0.15) is 40.9 Å². The van der Waals surface area contributed by atoms with Crippen LogP contribution in [0.4, 0.5) is 5.82 Å². The number of piperidine rings is 1. The van der Waals surface area contributed by atoms with Crippen LogP contribution in [0.15, 0.2) is 65.7 Å². The van der Waals surface area contributed by atoms with Gasteiger partial charge in [-0.2, -0.15) is 0 Å². The molecule has 1 unspecified atom stereocenters. The van der Waals surface area contributed by atoms with Crippen molar-refractivity contribution in [2.24, 2.45) is 5.41 Å². The molecule has 2 aliphatic rings. The van der Waals surface area contributed by atoms with E-state index < -0.39 is 0 Å². The molecule has 1 saturated carbocycles. The number of aryl methyl sites for hydroxylation is 1. The fourth-order valence-electron chi connectivity index (χ4n) is 5.75. The molecule has 8 heteroatoms. The maximum Gasteiger partial charge on any atom is 0.251 e. The summed E-state index contributed by atoms with van der Waals surface area (Å²) >= 11 is 1.64. The number of thioether (sulfide) groups is 1. The van der Waals surface area contributed by atoms with Gasteiger partial charge < -0.3 is 15.5 Å². The molecule has 1 saturated heterocycles. The number of nitrogens with zero attached hydrogens (tertiary/aromatic N) is 4. The van der Waals surface area contributed by atoms with Crippen molar-refractivity contribution in [3.63, 3.8) is 0 Å². The number of pyridine rings is 3. The van der Waals surface area contributed by atoms with E-state index in [4.69, 9.17) is 9.97 Å². The summed E-state index contributed by atoms with van der Waals surface area (Å²) in [5, 5.41) is 7.49. The minimum atomic E-state index is -0.110. The van der Waals surface area contributed by atoms with Crippen LogP contribution in [-0.2, 0) is 6.54 Å².